The Bertz CT molecular complexity index is 1270. The maximum Gasteiger partial charge on any atom is 0.262 e. The van der Waals surface area contributed by atoms with Crippen LogP contribution < -0.4 is 10.9 Å². The summed E-state index contributed by atoms with van der Waals surface area (Å²) in [6.07, 6.45) is 1.49. The number of aromatic amines is 1. The lowest BCUT2D eigenvalue weighted by Crippen LogP contribution is -2.15. The molecule has 0 bridgehead atoms. The third-order valence-corrected chi connectivity index (χ3v) is 5.22. The van der Waals surface area contributed by atoms with Crippen molar-refractivity contribution in [2.45, 2.75) is 12.1 Å². The first-order valence-electron chi connectivity index (χ1n) is 8.73. The summed E-state index contributed by atoms with van der Waals surface area (Å²) >= 11 is 7.06. The number of benzene rings is 2. The molecule has 1 amide bonds. The number of fused-ring (bicyclic) bond motifs is 1. The molecule has 7 nitrogen and oxygen atoms in total. The molecule has 0 spiro atoms. The number of hydrogen-bond acceptors (Lipinski definition) is 5. The van der Waals surface area contributed by atoms with Crippen LogP contribution in [-0.4, -0.2) is 31.4 Å². The Balaban J connectivity index is 1.56. The molecule has 2 N–H and O–H groups in total. The van der Waals surface area contributed by atoms with Gasteiger partial charge in [-0.25, -0.2) is 9.67 Å². The quantitative estimate of drug-likeness (QED) is 0.374. The van der Waals surface area contributed by atoms with Crippen LogP contribution in [0.4, 0.5) is 5.69 Å². The van der Waals surface area contributed by atoms with E-state index in [0.717, 1.165) is 23.0 Å². The molecule has 2 aromatic carbocycles. The summed E-state index contributed by atoms with van der Waals surface area (Å²) < 4.78 is 1.62. The molecule has 0 atom stereocenters. The van der Waals surface area contributed by atoms with E-state index in [0.29, 0.717) is 26.9 Å². The SMILES string of the molecule is Cc1cccc(-n2ncc3c(=O)[nH]c(SCC(=O)Nc4cccc(Cl)c4)nc32)c1. The number of carbonyl (C=O) groups excluding carboxylic acids is 1. The molecule has 0 unspecified atom stereocenters. The van der Waals surface area contributed by atoms with Crippen LogP contribution in [0.5, 0.6) is 0 Å². The number of halogens is 1. The Morgan fingerprint density at radius 2 is 2.07 bits per heavy atom. The molecule has 0 aliphatic carbocycles. The summed E-state index contributed by atoms with van der Waals surface area (Å²) in [6, 6.07) is 14.7. The molecule has 29 heavy (non-hydrogen) atoms. The smallest absolute Gasteiger partial charge is 0.262 e. The number of nitrogens with zero attached hydrogens (tertiary/aromatic N) is 3. The van der Waals surface area contributed by atoms with Crippen LogP contribution in [0.1, 0.15) is 5.56 Å². The van der Waals surface area contributed by atoms with Crippen molar-refractivity contribution in [2.24, 2.45) is 0 Å². The highest BCUT2D eigenvalue weighted by Crippen LogP contribution is 2.19. The Hall–Kier alpha value is -3.10. The Morgan fingerprint density at radius 3 is 2.86 bits per heavy atom. The van der Waals surface area contributed by atoms with Crippen LogP contribution in [0, 0.1) is 6.92 Å². The molecule has 4 aromatic rings. The second kappa shape index (κ2) is 8.10. The number of aromatic nitrogens is 4. The van der Waals surface area contributed by atoms with Crippen LogP contribution in [-0.2, 0) is 4.79 Å². The number of H-pyrrole nitrogens is 1. The lowest BCUT2D eigenvalue weighted by atomic mass is 10.2. The van der Waals surface area contributed by atoms with Gasteiger partial charge in [0.2, 0.25) is 5.91 Å². The molecule has 4 rings (SSSR count). The molecule has 146 valence electrons. The van der Waals surface area contributed by atoms with Crippen LogP contribution >= 0.6 is 23.4 Å². The molecule has 0 saturated heterocycles. The number of aryl methyl sites for hydroxylation is 1. The summed E-state index contributed by atoms with van der Waals surface area (Å²) in [6.45, 7) is 1.98. The van der Waals surface area contributed by atoms with Gasteiger partial charge in [0, 0.05) is 10.7 Å². The van der Waals surface area contributed by atoms with Gasteiger partial charge in [-0.05, 0) is 42.8 Å². The number of carbonyl (C=O) groups is 1. The van der Waals surface area contributed by atoms with E-state index in [4.69, 9.17) is 11.6 Å². The van der Waals surface area contributed by atoms with E-state index >= 15 is 0 Å². The number of nitrogens with one attached hydrogen (secondary N) is 2. The van der Waals surface area contributed by atoms with E-state index in [9.17, 15) is 9.59 Å². The van der Waals surface area contributed by atoms with Gasteiger partial charge in [0.05, 0.1) is 17.6 Å². The average Bonchev–Trinajstić information content (AvgIpc) is 3.11. The molecule has 0 aliphatic rings. The average molecular weight is 426 g/mol. The molecule has 0 radical (unpaired) electrons. The van der Waals surface area contributed by atoms with Crippen molar-refractivity contribution < 1.29 is 4.79 Å². The van der Waals surface area contributed by atoms with Gasteiger partial charge in [-0.2, -0.15) is 5.10 Å². The van der Waals surface area contributed by atoms with Gasteiger partial charge in [-0.3, -0.25) is 9.59 Å². The first-order chi connectivity index (χ1) is 14.0. The van der Waals surface area contributed by atoms with E-state index in [1.807, 2.05) is 31.2 Å². The Labute approximate surface area is 175 Å². The Morgan fingerprint density at radius 1 is 1.24 bits per heavy atom. The van der Waals surface area contributed by atoms with Crippen LogP contribution in [0.15, 0.2) is 64.7 Å². The third-order valence-electron chi connectivity index (χ3n) is 4.11. The first kappa shape index (κ1) is 19.2. The molecule has 0 fully saturated rings. The zero-order valence-corrected chi connectivity index (χ0v) is 16.9. The number of rotatable bonds is 5. The third kappa shape index (κ3) is 4.33. The number of thioether (sulfide) groups is 1. The highest BCUT2D eigenvalue weighted by Gasteiger charge is 2.13. The lowest BCUT2D eigenvalue weighted by Gasteiger charge is -2.06. The minimum absolute atomic E-state index is 0.0829. The minimum Gasteiger partial charge on any atom is -0.325 e. The zero-order valence-electron chi connectivity index (χ0n) is 15.3. The number of amides is 1. The van der Waals surface area contributed by atoms with Gasteiger partial charge in [0.15, 0.2) is 10.8 Å². The summed E-state index contributed by atoms with van der Waals surface area (Å²) in [5, 5.41) is 8.33. The van der Waals surface area contributed by atoms with Gasteiger partial charge in [-0.15, -0.1) is 0 Å². The van der Waals surface area contributed by atoms with Crippen molar-refractivity contribution in [2.75, 3.05) is 11.1 Å². The largest absolute Gasteiger partial charge is 0.325 e. The predicted molar refractivity (Wildman–Crippen MR) is 115 cm³/mol. The monoisotopic (exact) mass is 425 g/mol. The van der Waals surface area contributed by atoms with Crippen LogP contribution in [0.2, 0.25) is 5.02 Å². The fourth-order valence-corrected chi connectivity index (χ4v) is 3.66. The summed E-state index contributed by atoms with van der Waals surface area (Å²) in [5.41, 5.74) is 2.64. The van der Waals surface area contributed by atoms with E-state index in [-0.39, 0.29) is 17.2 Å². The second-order valence-corrected chi connectivity index (χ2v) is 7.75. The molecular weight excluding hydrogens is 410 g/mol. The van der Waals surface area contributed by atoms with Crippen molar-refractivity contribution in [3.63, 3.8) is 0 Å². The summed E-state index contributed by atoms with van der Waals surface area (Å²) in [7, 11) is 0. The molecule has 0 saturated carbocycles. The zero-order chi connectivity index (χ0) is 20.4. The molecule has 0 aliphatic heterocycles. The summed E-state index contributed by atoms with van der Waals surface area (Å²) in [4.78, 5) is 31.8. The van der Waals surface area contributed by atoms with Crippen LogP contribution in [0.25, 0.3) is 16.7 Å². The van der Waals surface area contributed by atoms with E-state index in [2.05, 4.69) is 20.4 Å². The van der Waals surface area contributed by atoms with Gasteiger partial charge in [0.25, 0.3) is 5.56 Å². The molecule has 2 aromatic heterocycles. The second-order valence-electron chi connectivity index (χ2n) is 6.35. The summed E-state index contributed by atoms with van der Waals surface area (Å²) in [5.74, 6) is -0.147. The van der Waals surface area contributed by atoms with Gasteiger partial charge >= 0.3 is 0 Å². The van der Waals surface area contributed by atoms with E-state index in [1.165, 1.54) is 6.20 Å². The fourth-order valence-electron chi connectivity index (χ4n) is 2.81. The normalized spacial score (nSPS) is 11.0. The van der Waals surface area contributed by atoms with Crippen LogP contribution in [0.3, 0.4) is 0 Å². The molecule has 9 heteroatoms. The van der Waals surface area contributed by atoms with Crippen molar-refractivity contribution >= 4 is 46.0 Å². The topological polar surface area (TPSA) is 92.7 Å². The van der Waals surface area contributed by atoms with Crippen molar-refractivity contribution in [3.05, 3.63) is 75.7 Å². The van der Waals surface area contributed by atoms with Gasteiger partial charge in [-0.1, -0.05) is 41.6 Å². The van der Waals surface area contributed by atoms with Gasteiger partial charge in [0.1, 0.15) is 5.39 Å². The molecule has 2 heterocycles. The van der Waals surface area contributed by atoms with E-state index < -0.39 is 0 Å². The van der Waals surface area contributed by atoms with Crippen molar-refractivity contribution in [1.82, 2.24) is 19.7 Å². The highest BCUT2D eigenvalue weighted by atomic mass is 35.5. The standard InChI is InChI=1S/C20H16ClN5O2S/c1-12-4-2-7-15(8-12)26-18-16(10-22-26)19(28)25-20(24-18)29-11-17(27)23-14-6-3-5-13(21)9-14/h2-10H,11H2,1H3,(H,23,27)(H,24,25,28). The molecular formula is C20H16ClN5O2S. The number of hydrogen-bond donors (Lipinski definition) is 2. The number of anilines is 1. The fraction of sp³-hybridized carbons (Fsp3) is 0.100. The predicted octanol–water partition coefficient (Wildman–Crippen LogP) is 3.80. The van der Waals surface area contributed by atoms with Gasteiger partial charge < -0.3 is 10.3 Å². The lowest BCUT2D eigenvalue weighted by molar-refractivity contribution is -0.113. The minimum atomic E-state index is -0.299. The first-order valence-corrected chi connectivity index (χ1v) is 10.1. The highest BCUT2D eigenvalue weighted by molar-refractivity contribution is 7.99. The maximum atomic E-state index is 12.4. The maximum absolute atomic E-state index is 12.4. The van der Waals surface area contributed by atoms with E-state index in [1.54, 1.807) is 28.9 Å². The van der Waals surface area contributed by atoms with Crippen molar-refractivity contribution in [3.8, 4) is 5.69 Å². The Kier molecular flexibility index (Phi) is 5.37. The van der Waals surface area contributed by atoms with Crippen molar-refractivity contribution in [1.29, 1.82) is 0 Å².